The molecule has 0 aromatic rings. The fourth-order valence-electron chi connectivity index (χ4n) is 3.29. The van der Waals surface area contributed by atoms with E-state index in [1.807, 2.05) is 0 Å². The number of nitrogens with one attached hydrogen (secondary N) is 1. The van der Waals surface area contributed by atoms with Crippen molar-refractivity contribution in [1.82, 2.24) is 5.32 Å². The van der Waals surface area contributed by atoms with Gasteiger partial charge in [0, 0.05) is 25.9 Å². The smallest absolute Gasteiger partial charge is 0.0576 e. The molecule has 1 N–H and O–H groups in total. The van der Waals surface area contributed by atoms with Gasteiger partial charge in [-0.05, 0) is 63.8 Å². The van der Waals surface area contributed by atoms with E-state index in [2.05, 4.69) is 12.2 Å². The summed E-state index contributed by atoms with van der Waals surface area (Å²) in [6, 6.07) is 0.688. The van der Waals surface area contributed by atoms with Crippen LogP contribution >= 0.6 is 0 Å². The van der Waals surface area contributed by atoms with Gasteiger partial charge in [0.15, 0.2) is 0 Å². The lowest BCUT2D eigenvalue weighted by Crippen LogP contribution is -2.32. The van der Waals surface area contributed by atoms with Gasteiger partial charge < -0.3 is 14.8 Å². The molecule has 0 bridgehead atoms. The predicted molar refractivity (Wildman–Crippen MR) is 78.4 cm³/mol. The Labute approximate surface area is 118 Å². The third kappa shape index (κ3) is 5.80. The standard InChI is InChI=1S/C16H31NO2/c1-2-9-17-15(12-14-8-11-18-13-14)5-3-6-16-7-4-10-19-16/h14-17H,2-13H2,1H3. The molecule has 2 aliphatic heterocycles. The van der Waals surface area contributed by atoms with E-state index in [4.69, 9.17) is 9.47 Å². The summed E-state index contributed by atoms with van der Waals surface area (Å²) < 4.78 is 11.2. The minimum Gasteiger partial charge on any atom is -0.381 e. The molecule has 19 heavy (non-hydrogen) atoms. The van der Waals surface area contributed by atoms with E-state index in [0.29, 0.717) is 12.1 Å². The molecule has 0 radical (unpaired) electrons. The molecule has 0 aliphatic carbocycles. The van der Waals surface area contributed by atoms with Gasteiger partial charge in [0.25, 0.3) is 0 Å². The van der Waals surface area contributed by atoms with E-state index in [1.54, 1.807) is 0 Å². The van der Waals surface area contributed by atoms with Crippen LogP contribution in [0.25, 0.3) is 0 Å². The molecule has 112 valence electrons. The molecule has 3 nitrogen and oxygen atoms in total. The topological polar surface area (TPSA) is 30.5 Å². The van der Waals surface area contributed by atoms with Gasteiger partial charge in [-0.2, -0.15) is 0 Å². The molecule has 0 aromatic heterocycles. The van der Waals surface area contributed by atoms with E-state index in [-0.39, 0.29) is 0 Å². The minimum absolute atomic E-state index is 0.557. The molecule has 2 fully saturated rings. The molecular formula is C16H31NO2. The second-order valence-electron chi connectivity index (χ2n) is 6.18. The maximum atomic E-state index is 5.71. The van der Waals surface area contributed by atoms with Gasteiger partial charge in [-0.25, -0.2) is 0 Å². The van der Waals surface area contributed by atoms with Crippen molar-refractivity contribution in [2.45, 2.75) is 70.4 Å². The zero-order valence-corrected chi connectivity index (χ0v) is 12.5. The van der Waals surface area contributed by atoms with Gasteiger partial charge in [0.1, 0.15) is 0 Å². The molecule has 3 heteroatoms. The first kappa shape index (κ1) is 15.3. The van der Waals surface area contributed by atoms with Gasteiger partial charge in [0.05, 0.1) is 6.10 Å². The molecule has 2 saturated heterocycles. The number of hydrogen-bond acceptors (Lipinski definition) is 3. The Kier molecular flexibility index (Phi) is 7.18. The van der Waals surface area contributed by atoms with Crippen LogP contribution in [0.1, 0.15) is 58.3 Å². The summed E-state index contributed by atoms with van der Waals surface area (Å²) in [6.45, 7) is 6.34. The lowest BCUT2D eigenvalue weighted by atomic mass is 9.95. The summed E-state index contributed by atoms with van der Waals surface area (Å²) in [4.78, 5) is 0. The Morgan fingerprint density at radius 3 is 2.89 bits per heavy atom. The van der Waals surface area contributed by atoms with Crippen molar-refractivity contribution in [3.63, 3.8) is 0 Å². The van der Waals surface area contributed by atoms with Crippen molar-refractivity contribution in [2.75, 3.05) is 26.4 Å². The van der Waals surface area contributed by atoms with Crippen molar-refractivity contribution in [3.8, 4) is 0 Å². The van der Waals surface area contributed by atoms with E-state index < -0.39 is 0 Å². The second-order valence-corrected chi connectivity index (χ2v) is 6.18. The van der Waals surface area contributed by atoms with Gasteiger partial charge in [-0.1, -0.05) is 6.92 Å². The predicted octanol–water partition coefficient (Wildman–Crippen LogP) is 3.13. The van der Waals surface area contributed by atoms with Crippen LogP contribution in [0.4, 0.5) is 0 Å². The third-order valence-electron chi connectivity index (χ3n) is 4.43. The fourth-order valence-corrected chi connectivity index (χ4v) is 3.29. The Balaban J connectivity index is 1.63. The van der Waals surface area contributed by atoms with Crippen LogP contribution in [0.5, 0.6) is 0 Å². The molecule has 0 amide bonds. The average molecular weight is 269 g/mol. The highest BCUT2D eigenvalue weighted by Crippen LogP contribution is 2.22. The van der Waals surface area contributed by atoms with Gasteiger partial charge >= 0.3 is 0 Å². The zero-order chi connectivity index (χ0) is 13.3. The molecule has 0 aromatic carbocycles. The Morgan fingerprint density at radius 2 is 2.21 bits per heavy atom. The summed E-state index contributed by atoms with van der Waals surface area (Å²) in [5.41, 5.74) is 0. The summed E-state index contributed by atoms with van der Waals surface area (Å²) >= 11 is 0. The summed E-state index contributed by atoms with van der Waals surface area (Å²) in [6.07, 6.45) is 10.7. The summed E-state index contributed by atoms with van der Waals surface area (Å²) in [5.74, 6) is 0.789. The lowest BCUT2D eigenvalue weighted by molar-refractivity contribution is 0.101. The minimum atomic E-state index is 0.557. The molecule has 2 rings (SSSR count). The maximum Gasteiger partial charge on any atom is 0.0576 e. The van der Waals surface area contributed by atoms with Crippen molar-refractivity contribution < 1.29 is 9.47 Å². The highest BCUT2D eigenvalue weighted by atomic mass is 16.5. The molecular weight excluding hydrogens is 238 g/mol. The Hall–Kier alpha value is -0.120. The van der Waals surface area contributed by atoms with Gasteiger partial charge in [-0.3, -0.25) is 0 Å². The van der Waals surface area contributed by atoms with Crippen LogP contribution < -0.4 is 5.32 Å². The van der Waals surface area contributed by atoms with Crippen LogP contribution in [0.2, 0.25) is 0 Å². The van der Waals surface area contributed by atoms with Crippen molar-refractivity contribution in [1.29, 1.82) is 0 Å². The van der Waals surface area contributed by atoms with Crippen LogP contribution in [0.15, 0.2) is 0 Å². The van der Waals surface area contributed by atoms with Gasteiger partial charge in [0.2, 0.25) is 0 Å². The quantitative estimate of drug-likeness (QED) is 0.697. The number of rotatable bonds is 9. The fraction of sp³-hybridized carbons (Fsp3) is 1.00. The Bertz CT molecular complexity index is 223. The van der Waals surface area contributed by atoms with Crippen LogP contribution in [0, 0.1) is 5.92 Å². The zero-order valence-electron chi connectivity index (χ0n) is 12.5. The molecule has 2 heterocycles. The van der Waals surface area contributed by atoms with Crippen LogP contribution in [-0.4, -0.2) is 38.5 Å². The first-order chi connectivity index (χ1) is 9.38. The van der Waals surface area contributed by atoms with Gasteiger partial charge in [-0.15, -0.1) is 0 Å². The van der Waals surface area contributed by atoms with Crippen LogP contribution in [-0.2, 0) is 9.47 Å². The molecule has 0 spiro atoms. The monoisotopic (exact) mass is 269 g/mol. The van der Waals surface area contributed by atoms with E-state index in [1.165, 1.54) is 51.4 Å². The lowest BCUT2D eigenvalue weighted by Gasteiger charge is -2.22. The highest BCUT2D eigenvalue weighted by Gasteiger charge is 2.21. The second kappa shape index (κ2) is 8.93. The average Bonchev–Trinajstić information content (AvgIpc) is 3.08. The summed E-state index contributed by atoms with van der Waals surface area (Å²) in [5, 5.41) is 3.73. The molecule has 0 saturated carbocycles. The summed E-state index contributed by atoms with van der Waals surface area (Å²) in [7, 11) is 0. The third-order valence-corrected chi connectivity index (χ3v) is 4.43. The van der Waals surface area contributed by atoms with Crippen molar-refractivity contribution in [3.05, 3.63) is 0 Å². The SMILES string of the molecule is CCCNC(CCCC1CCCO1)CC1CCOC1. The first-order valence-electron chi connectivity index (χ1n) is 8.31. The van der Waals surface area contributed by atoms with E-state index in [9.17, 15) is 0 Å². The first-order valence-corrected chi connectivity index (χ1v) is 8.31. The number of ether oxygens (including phenoxy) is 2. The maximum absolute atomic E-state index is 5.71. The molecule has 2 aliphatic rings. The van der Waals surface area contributed by atoms with E-state index in [0.717, 1.165) is 32.3 Å². The number of hydrogen-bond donors (Lipinski definition) is 1. The molecule has 3 atom stereocenters. The highest BCUT2D eigenvalue weighted by molar-refractivity contribution is 4.75. The van der Waals surface area contributed by atoms with Crippen molar-refractivity contribution in [2.24, 2.45) is 5.92 Å². The molecule has 3 unspecified atom stereocenters. The normalized spacial score (nSPS) is 28.9. The van der Waals surface area contributed by atoms with Crippen molar-refractivity contribution >= 4 is 0 Å². The largest absolute Gasteiger partial charge is 0.381 e. The Morgan fingerprint density at radius 1 is 1.26 bits per heavy atom. The van der Waals surface area contributed by atoms with E-state index >= 15 is 0 Å². The van der Waals surface area contributed by atoms with Crippen LogP contribution in [0.3, 0.4) is 0 Å².